The van der Waals surface area contributed by atoms with Gasteiger partial charge in [-0.3, -0.25) is 9.59 Å². The van der Waals surface area contributed by atoms with Gasteiger partial charge in [0.1, 0.15) is 5.75 Å². The number of anilines is 1. The number of hydrogen-bond acceptors (Lipinski definition) is 3. The first-order valence-corrected chi connectivity index (χ1v) is 8.56. The molecular formula is C20H21F3N2O3. The molecule has 0 saturated heterocycles. The summed E-state index contributed by atoms with van der Waals surface area (Å²) >= 11 is 0. The summed E-state index contributed by atoms with van der Waals surface area (Å²) in [7, 11) is 1.50. The average Bonchev–Trinajstić information content (AvgIpc) is 2.61. The first-order valence-electron chi connectivity index (χ1n) is 8.56. The van der Waals surface area contributed by atoms with E-state index >= 15 is 0 Å². The molecule has 28 heavy (non-hydrogen) atoms. The van der Waals surface area contributed by atoms with E-state index in [1.165, 1.54) is 24.1 Å². The second-order valence-corrected chi connectivity index (χ2v) is 6.56. The van der Waals surface area contributed by atoms with Crippen molar-refractivity contribution in [1.29, 1.82) is 0 Å². The first kappa shape index (κ1) is 21.3. The lowest BCUT2D eigenvalue weighted by atomic mass is 10.0. The fraction of sp³-hybridized carbons (Fsp3) is 0.300. The number of carbonyl (C=O) groups excluding carboxylic acids is 2. The number of nitrogens with one attached hydrogen (secondary N) is 1. The SMILES string of the molecule is CC(C)c1ccc(C(=O)N(C)CC(=O)Nc2ccc(OC(F)(F)F)cc2)cc1. The molecule has 2 amide bonds. The molecule has 2 rings (SSSR count). The molecule has 0 fully saturated rings. The number of ether oxygens (including phenoxy) is 1. The standard InChI is InChI=1S/C20H21F3N2O3/c1-13(2)14-4-6-15(7-5-14)19(27)25(3)12-18(26)24-16-8-10-17(11-9-16)28-20(21,22)23/h4-11,13H,12H2,1-3H3,(H,24,26). The maximum Gasteiger partial charge on any atom is 0.573 e. The lowest BCUT2D eigenvalue weighted by molar-refractivity contribution is -0.274. The van der Waals surface area contributed by atoms with Crippen molar-refractivity contribution in [3.63, 3.8) is 0 Å². The van der Waals surface area contributed by atoms with Crippen LogP contribution in [0.25, 0.3) is 0 Å². The first-order chi connectivity index (χ1) is 13.0. The molecule has 8 heteroatoms. The zero-order valence-electron chi connectivity index (χ0n) is 15.7. The average molecular weight is 394 g/mol. The highest BCUT2D eigenvalue weighted by atomic mass is 19.4. The van der Waals surface area contributed by atoms with Gasteiger partial charge in [-0.1, -0.05) is 26.0 Å². The zero-order valence-corrected chi connectivity index (χ0v) is 15.7. The summed E-state index contributed by atoms with van der Waals surface area (Å²) < 4.78 is 40.2. The van der Waals surface area contributed by atoms with Crippen LogP contribution >= 0.6 is 0 Å². The third-order valence-electron chi connectivity index (χ3n) is 3.92. The van der Waals surface area contributed by atoms with Crippen LogP contribution < -0.4 is 10.1 Å². The lowest BCUT2D eigenvalue weighted by Crippen LogP contribution is -2.34. The summed E-state index contributed by atoms with van der Waals surface area (Å²) in [4.78, 5) is 25.8. The number of rotatable bonds is 6. The van der Waals surface area contributed by atoms with Gasteiger partial charge in [-0.2, -0.15) is 0 Å². The molecule has 5 nitrogen and oxygen atoms in total. The summed E-state index contributed by atoms with van der Waals surface area (Å²) in [6, 6.07) is 11.9. The van der Waals surface area contributed by atoms with E-state index in [4.69, 9.17) is 0 Å². The highest BCUT2D eigenvalue weighted by molar-refractivity contribution is 5.99. The van der Waals surface area contributed by atoms with E-state index in [2.05, 4.69) is 23.9 Å². The predicted molar refractivity (Wildman–Crippen MR) is 99.2 cm³/mol. The van der Waals surface area contributed by atoms with E-state index in [0.29, 0.717) is 17.2 Å². The highest BCUT2D eigenvalue weighted by Crippen LogP contribution is 2.24. The number of benzene rings is 2. The van der Waals surface area contributed by atoms with E-state index in [1.807, 2.05) is 12.1 Å². The Morgan fingerprint density at radius 2 is 1.61 bits per heavy atom. The number of hydrogen-bond donors (Lipinski definition) is 1. The molecule has 0 atom stereocenters. The maximum atomic E-state index is 12.4. The van der Waals surface area contributed by atoms with Gasteiger partial charge in [0.05, 0.1) is 6.54 Å². The van der Waals surface area contributed by atoms with E-state index in [-0.39, 0.29) is 18.2 Å². The largest absolute Gasteiger partial charge is 0.573 e. The Kier molecular flexibility index (Phi) is 6.66. The van der Waals surface area contributed by atoms with Crippen LogP contribution in [0.2, 0.25) is 0 Å². The number of carbonyl (C=O) groups is 2. The minimum Gasteiger partial charge on any atom is -0.406 e. The Bertz CT molecular complexity index is 816. The molecule has 0 aliphatic heterocycles. The number of nitrogens with zero attached hydrogens (tertiary/aromatic N) is 1. The number of amides is 2. The Hall–Kier alpha value is -3.03. The van der Waals surface area contributed by atoms with Crippen LogP contribution in [-0.4, -0.2) is 36.7 Å². The van der Waals surface area contributed by atoms with E-state index < -0.39 is 12.3 Å². The molecule has 2 aromatic carbocycles. The number of halogens is 3. The zero-order chi connectivity index (χ0) is 20.9. The van der Waals surface area contributed by atoms with Crippen molar-refractivity contribution in [2.24, 2.45) is 0 Å². The Balaban J connectivity index is 1.92. The molecule has 2 aromatic rings. The van der Waals surface area contributed by atoms with E-state index in [0.717, 1.165) is 17.7 Å². The molecule has 0 spiro atoms. The smallest absolute Gasteiger partial charge is 0.406 e. The topological polar surface area (TPSA) is 58.6 Å². The third-order valence-corrected chi connectivity index (χ3v) is 3.92. The van der Waals surface area contributed by atoms with Gasteiger partial charge in [-0.25, -0.2) is 0 Å². The summed E-state index contributed by atoms with van der Waals surface area (Å²) in [6.07, 6.45) is -4.78. The Morgan fingerprint density at radius 3 is 2.11 bits per heavy atom. The fourth-order valence-electron chi connectivity index (χ4n) is 2.46. The molecule has 0 aliphatic carbocycles. The van der Waals surface area contributed by atoms with Crippen molar-refractivity contribution >= 4 is 17.5 Å². The van der Waals surface area contributed by atoms with Crippen molar-refractivity contribution in [2.45, 2.75) is 26.1 Å². The van der Waals surface area contributed by atoms with Crippen molar-refractivity contribution < 1.29 is 27.5 Å². The summed E-state index contributed by atoms with van der Waals surface area (Å²) in [5.74, 6) is -0.818. The van der Waals surface area contributed by atoms with Crippen molar-refractivity contribution in [1.82, 2.24) is 4.90 Å². The van der Waals surface area contributed by atoms with Gasteiger partial charge < -0.3 is 15.0 Å². The van der Waals surface area contributed by atoms with E-state index in [1.54, 1.807) is 12.1 Å². The van der Waals surface area contributed by atoms with Gasteiger partial charge in [0.15, 0.2) is 0 Å². The molecule has 150 valence electrons. The second kappa shape index (κ2) is 8.77. The summed E-state index contributed by atoms with van der Waals surface area (Å²) in [6.45, 7) is 3.90. The molecule has 0 aliphatic rings. The molecule has 0 bridgehead atoms. The number of likely N-dealkylation sites (N-methyl/N-ethyl adjacent to an activating group) is 1. The van der Waals surface area contributed by atoms with Gasteiger partial charge in [-0.05, 0) is 47.9 Å². The van der Waals surface area contributed by atoms with Crippen LogP contribution in [0.4, 0.5) is 18.9 Å². The minimum absolute atomic E-state index is 0.203. The molecule has 0 radical (unpaired) electrons. The van der Waals surface area contributed by atoms with Crippen LogP contribution in [0.1, 0.15) is 35.7 Å². The molecular weight excluding hydrogens is 373 g/mol. The molecule has 0 saturated carbocycles. The van der Waals surface area contributed by atoms with Crippen molar-refractivity contribution in [3.8, 4) is 5.75 Å². The second-order valence-electron chi connectivity index (χ2n) is 6.56. The fourth-order valence-corrected chi connectivity index (χ4v) is 2.46. The van der Waals surface area contributed by atoms with Crippen molar-refractivity contribution in [2.75, 3.05) is 18.9 Å². The summed E-state index contributed by atoms with van der Waals surface area (Å²) in [5.41, 5.74) is 1.87. The molecule has 0 unspecified atom stereocenters. The lowest BCUT2D eigenvalue weighted by Gasteiger charge is -2.17. The van der Waals surface area contributed by atoms with Gasteiger partial charge in [0.2, 0.25) is 5.91 Å². The molecule has 0 aromatic heterocycles. The van der Waals surface area contributed by atoms with Crippen LogP contribution in [0, 0.1) is 0 Å². The van der Waals surface area contributed by atoms with Crippen molar-refractivity contribution in [3.05, 3.63) is 59.7 Å². The van der Waals surface area contributed by atoms with Gasteiger partial charge >= 0.3 is 6.36 Å². The maximum absolute atomic E-state index is 12.4. The normalized spacial score (nSPS) is 11.2. The van der Waals surface area contributed by atoms with Crippen LogP contribution in [0.3, 0.4) is 0 Å². The van der Waals surface area contributed by atoms with Crippen LogP contribution in [-0.2, 0) is 4.79 Å². The highest BCUT2D eigenvalue weighted by Gasteiger charge is 2.31. The summed E-state index contributed by atoms with van der Waals surface area (Å²) in [5, 5.41) is 2.52. The van der Waals surface area contributed by atoms with Crippen LogP contribution in [0.15, 0.2) is 48.5 Å². The third kappa shape index (κ3) is 6.29. The van der Waals surface area contributed by atoms with Crippen LogP contribution in [0.5, 0.6) is 5.75 Å². The number of alkyl halides is 3. The van der Waals surface area contributed by atoms with Gasteiger partial charge in [0, 0.05) is 18.3 Å². The molecule has 1 N–H and O–H groups in total. The predicted octanol–water partition coefficient (Wildman–Crippen LogP) is 4.42. The van der Waals surface area contributed by atoms with E-state index in [9.17, 15) is 22.8 Å². The molecule has 0 heterocycles. The Morgan fingerprint density at radius 1 is 1.04 bits per heavy atom. The van der Waals surface area contributed by atoms with Gasteiger partial charge in [0.25, 0.3) is 5.91 Å². The monoisotopic (exact) mass is 394 g/mol. The minimum atomic E-state index is -4.78. The Labute approximate surface area is 161 Å². The van der Waals surface area contributed by atoms with Gasteiger partial charge in [-0.15, -0.1) is 13.2 Å². The quantitative estimate of drug-likeness (QED) is 0.789.